The van der Waals surface area contributed by atoms with Gasteiger partial charge in [0, 0.05) is 50.8 Å². The van der Waals surface area contributed by atoms with Gasteiger partial charge in [-0.2, -0.15) is 0 Å². The average Bonchev–Trinajstić information content (AvgIpc) is 3.36. The van der Waals surface area contributed by atoms with Gasteiger partial charge in [0.1, 0.15) is 0 Å². The normalized spacial score (nSPS) is 22.2. The van der Waals surface area contributed by atoms with Gasteiger partial charge in [0.15, 0.2) is 5.96 Å². The van der Waals surface area contributed by atoms with Gasteiger partial charge in [0.2, 0.25) is 0 Å². The number of thiazole rings is 1. The lowest BCUT2D eigenvalue weighted by Crippen LogP contribution is -2.47. The highest BCUT2D eigenvalue weighted by Crippen LogP contribution is 2.18. The van der Waals surface area contributed by atoms with E-state index >= 15 is 0 Å². The van der Waals surface area contributed by atoms with Gasteiger partial charge in [-0.1, -0.05) is 6.92 Å². The van der Waals surface area contributed by atoms with Crippen LogP contribution in [0.2, 0.25) is 0 Å². The Morgan fingerprint density at radius 2 is 2.27 bits per heavy atom. The molecule has 1 aromatic rings. The van der Waals surface area contributed by atoms with Crippen LogP contribution in [0, 0.1) is 0 Å². The number of nitrogens with zero attached hydrogens (tertiary/aromatic N) is 3. The van der Waals surface area contributed by atoms with E-state index in [0.29, 0.717) is 12.2 Å². The lowest BCUT2D eigenvalue weighted by molar-refractivity contribution is -0.0367. The maximum Gasteiger partial charge on any atom is 0.193 e. The molecule has 7 heteroatoms. The summed E-state index contributed by atoms with van der Waals surface area (Å²) < 4.78 is 11.7. The Morgan fingerprint density at radius 1 is 1.42 bits per heavy atom. The molecule has 0 amide bonds. The van der Waals surface area contributed by atoms with Crippen LogP contribution in [0.4, 0.5) is 0 Å². The van der Waals surface area contributed by atoms with Crippen molar-refractivity contribution in [3.8, 4) is 0 Å². The Balaban J connectivity index is 1.35. The maximum absolute atomic E-state index is 6.06. The van der Waals surface area contributed by atoms with Crippen LogP contribution in [0.1, 0.15) is 42.5 Å². The third-order valence-corrected chi connectivity index (χ3v) is 6.27. The van der Waals surface area contributed by atoms with Crippen molar-refractivity contribution >= 4 is 17.3 Å². The molecule has 2 fully saturated rings. The number of piperidine rings is 1. The molecule has 0 aliphatic carbocycles. The van der Waals surface area contributed by atoms with Crippen LogP contribution in [0.15, 0.2) is 11.2 Å². The van der Waals surface area contributed by atoms with Gasteiger partial charge >= 0.3 is 0 Å². The Morgan fingerprint density at radius 3 is 2.92 bits per heavy atom. The second-order valence-corrected chi connectivity index (χ2v) is 8.15. The summed E-state index contributed by atoms with van der Waals surface area (Å²) in [6.07, 6.45) is 9.12. The van der Waals surface area contributed by atoms with Crippen LogP contribution < -0.4 is 5.32 Å². The molecule has 26 heavy (non-hydrogen) atoms. The highest BCUT2D eigenvalue weighted by Gasteiger charge is 2.24. The molecular formula is C19H32N4O2S. The first-order chi connectivity index (χ1) is 12.8. The number of aromatic nitrogens is 1. The zero-order valence-corrected chi connectivity index (χ0v) is 16.9. The van der Waals surface area contributed by atoms with Crippen molar-refractivity contribution in [1.82, 2.24) is 15.2 Å². The first kappa shape index (κ1) is 19.6. The molecule has 0 spiro atoms. The number of ether oxygens (including phenoxy) is 2. The molecule has 0 saturated carbocycles. The molecule has 3 rings (SSSR count). The topological polar surface area (TPSA) is 59.0 Å². The van der Waals surface area contributed by atoms with Crippen molar-refractivity contribution in [2.45, 2.75) is 57.7 Å². The number of aryl methyl sites for hydroxylation is 1. The van der Waals surface area contributed by atoms with E-state index in [9.17, 15) is 0 Å². The molecule has 2 aliphatic heterocycles. The monoisotopic (exact) mass is 380 g/mol. The molecule has 1 atom stereocenters. The second kappa shape index (κ2) is 10.2. The summed E-state index contributed by atoms with van der Waals surface area (Å²) in [5.41, 5.74) is 0. The zero-order valence-electron chi connectivity index (χ0n) is 16.1. The predicted molar refractivity (Wildman–Crippen MR) is 106 cm³/mol. The standard InChI is InChI=1S/C19H32N4O2S/c1-3-17-13-22-18(26-17)6-9-21-19(20-2)23-10-7-15(8-11-23)25-14-16-5-4-12-24-16/h13,15-16H,3-12,14H2,1-2H3,(H,20,21). The van der Waals surface area contributed by atoms with Gasteiger partial charge in [0.05, 0.1) is 23.8 Å². The number of nitrogens with one attached hydrogen (secondary N) is 1. The number of hydrogen-bond donors (Lipinski definition) is 1. The second-order valence-electron chi connectivity index (χ2n) is 6.95. The maximum atomic E-state index is 6.06. The summed E-state index contributed by atoms with van der Waals surface area (Å²) in [5.74, 6) is 0.995. The first-order valence-electron chi connectivity index (χ1n) is 9.91. The van der Waals surface area contributed by atoms with Crippen LogP contribution in [0.3, 0.4) is 0 Å². The van der Waals surface area contributed by atoms with Gasteiger partial charge in [-0.25, -0.2) is 4.98 Å². The van der Waals surface area contributed by atoms with E-state index in [2.05, 4.69) is 27.1 Å². The van der Waals surface area contributed by atoms with Crippen molar-refractivity contribution in [2.75, 3.05) is 39.9 Å². The lowest BCUT2D eigenvalue weighted by atomic mass is 10.1. The number of likely N-dealkylation sites (tertiary alicyclic amines) is 1. The van der Waals surface area contributed by atoms with Crippen LogP contribution in [0.25, 0.3) is 0 Å². The molecule has 3 heterocycles. The Bertz CT molecular complexity index is 564. The van der Waals surface area contributed by atoms with Crippen molar-refractivity contribution < 1.29 is 9.47 Å². The molecule has 6 nitrogen and oxygen atoms in total. The molecule has 0 aromatic carbocycles. The van der Waals surface area contributed by atoms with E-state index < -0.39 is 0 Å². The van der Waals surface area contributed by atoms with Crippen molar-refractivity contribution in [1.29, 1.82) is 0 Å². The van der Waals surface area contributed by atoms with Crippen LogP contribution in [0.5, 0.6) is 0 Å². The Hall–Kier alpha value is -1.18. The fourth-order valence-electron chi connectivity index (χ4n) is 3.49. The van der Waals surface area contributed by atoms with E-state index in [1.54, 1.807) is 0 Å². The van der Waals surface area contributed by atoms with Gasteiger partial charge in [0.25, 0.3) is 0 Å². The molecule has 1 aromatic heterocycles. The SMILES string of the molecule is CCc1cnc(CCNC(=NC)N2CCC(OCC3CCCO3)CC2)s1. The average molecular weight is 381 g/mol. The van der Waals surface area contributed by atoms with Gasteiger partial charge < -0.3 is 19.7 Å². The minimum atomic E-state index is 0.321. The molecule has 0 radical (unpaired) electrons. The number of rotatable bonds is 7. The van der Waals surface area contributed by atoms with Crippen LogP contribution in [-0.2, 0) is 22.3 Å². The predicted octanol–water partition coefficient (Wildman–Crippen LogP) is 2.48. The number of aliphatic imine (C=N–C) groups is 1. The molecule has 2 saturated heterocycles. The molecule has 2 aliphatic rings. The molecule has 146 valence electrons. The van der Waals surface area contributed by atoms with E-state index in [0.717, 1.165) is 70.9 Å². The summed E-state index contributed by atoms with van der Waals surface area (Å²) >= 11 is 1.81. The third-order valence-electron chi connectivity index (χ3n) is 5.07. The Labute approximate surface area is 161 Å². The van der Waals surface area contributed by atoms with Crippen LogP contribution >= 0.6 is 11.3 Å². The summed E-state index contributed by atoms with van der Waals surface area (Å²) in [5, 5.41) is 4.69. The van der Waals surface area contributed by atoms with E-state index in [1.807, 2.05) is 24.6 Å². The minimum absolute atomic E-state index is 0.321. The Kier molecular flexibility index (Phi) is 7.70. The highest BCUT2D eigenvalue weighted by molar-refractivity contribution is 7.11. The van der Waals surface area contributed by atoms with Crippen molar-refractivity contribution in [3.05, 3.63) is 16.1 Å². The zero-order chi connectivity index (χ0) is 18.2. The minimum Gasteiger partial charge on any atom is -0.376 e. The summed E-state index contributed by atoms with van der Waals surface area (Å²) in [4.78, 5) is 12.6. The third kappa shape index (κ3) is 5.66. The fraction of sp³-hybridized carbons (Fsp3) is 0.789. The smallest absolute Gasteiger partial charge is 0.193 e. The lowest BCUT2D eigenvalue weighted by Gasteiger charge is -2.34. The van der Waals surface area contributed by atoms with Gasteiger partial charge in [-0.15, -0.1) is 11.3 Å². The van der Waals surface area contributed by atoms with E-state index in [1.165, 1.54) is 16.3 Å². The first-order valence-corrected chi connectivity index (χ1v) is 10.7. The number of guanidine groups is 1. The molecule has 1 unspecified atom stereocenters. The van der Waals surface area contributed by atoms with Crippen molar-refractivity contribution in [3.63, 3.8) is 0 Å². The fourth-order valence-corrected chi connectivity index (χ4v) is 4.36. The number of hydrogen-bond acceptors (Lipinski definition) is 5. The summed E-state index contributed by atoms with van der Waals surface area (Å²) in [7, 11) is 1.86. The quantitative estimate of drug-likeness (QED) is 0.582. The highest BCUT2D eigenvalue weighted by atomic mass is 32.1. The molecule has 1 N–H and O–H groups in total. The molecular weight excluding hydrogens is 348 g/mol. The van der Waals surface area contributed by atoms with Gasteiger partial charge in [-0.3, -0.25) is 4.99 Å². The van der Waals surface area contributed by atoms with Gasteiger partial charge in [-0.05, 0) is 32.1 Å². The van der Waals surface area contributed by atoms with Crippen LogP contribution in [-0.4, -0.2) is 67.9 Å². The summed E-state index contributed by atoms with van der Waals surface area (Å²) in [6, 6.07) is 0. The van der Waals surface area contributed by atoms with Crippen molar-refractivity contribution in [2.24, 2.45) is 4.99 Å². The molecule has 0 bridgehead atoms. The largest absolute Gasteiger partial charge is 0.376 e. The van der Waals surface area contributed by atoms with E-state index in [-0.39, 0.29) is 0 Å². The van der Waals surface area contributed by atoms with E-state index in [4.69, 9.17) is 9.47 Å². The summed E-state index contributed by atoms with van der Waals surface area (Å²) in [6.45, 7) is 6.69.